The average Bonchev–Trinajstić information content (AvgIpc) is 2.95. The highest BCUT2D eigenvalue weighted by atomic mass is 32.2. The molecule has 0 bridgehead atoms. The molecule has 200 valence electrons. The molecule has 5 nitrogen and oxygen atoms in total. The summed E-state index contributed by atoms with van der Waals surface area (Å²) in [5, 5.41) is 0. The normalized spacial score (nSPS) is 12.1. The Morgan fingerprint density at radius 2 is 1.44 bits per heavy atom. The number of para-hydroxylation sites is 2. The number of nitrogens with zero attached hydrogens (tertiary/aromatic N) is 2. The second-order valence-electron chi connectivity index (χ2n) is 9.47. The van der Waals surface area contributed by atoms with Gasteiger partial charge in [0.15, 0.2) is 0 Å². The van der Waals surface area contributed by atoms with Crippen LogP contribution >= 0.6 is 11.8 Å². The maximum Gasteiger partial charge on any atom is 0.320 e. The lowest BCUT2D eigenvalue weighted by molar-refractivity contribution is -0.144. The van der Waals surface area contributed by atoms with Gasteiger partial charge in [-0.05, 0) is 60.9 Å². The molecule has 4 aromatic carbocycles. The quantitative estimate of drug-likeness (QED) is 0.139. The van der Waals surface area contributed by atoms with E-state index in [1.54, 1.807) is 0 Å². The molecule has 0 saturated carbocycles. The second kappa shape index (κ2) is 13.4. The summed E-state index contributed by atoms with van der Waals surface area (Å²) in [6, 6.07) is 35.5. The zero-order valence-electron chi connectivity index (χ0n) is 22.3. The van der Waals surface area contributed by atoms with Crippen molar-refractivity contribution in [3.63, 3.8) is 0 Å². The Labute approximate surface area is 235 Å². The molecule has 1 aliphatic rings. The van der Waals surface area contributed by atoms with Gasteiger partial charge in [-0.3, -0.25) is 9.69 Å². The maximum atomic E-state index is 12.3. The summed E-state index contributed by atoms with van der Waals surface area (Å²) in [6.45, 7) is 5.25. The van der Waals surface area contributed by atoms with Gasteiger partial charge < -0.3 is 14.4 Å². The largest absolute Gasteiger partial charge is 0.494 e. The minimum absolute atomic E-state index is 0.208. The van der Waals surface area contributed by atoms with E-state index in [1.807, 2.05) is 49.0 Å². The Bertz CT molecular complexity index is 1330. The predicted octanol–water partition coefficient (Wildman–Crippen LogP) is 7.32. The highest BCUT2D eigenvalue weighted by Gasteiger charge is 2.22. The van der Waals surface area contributed by atoms with Crippen molar-refractivity contribution >= 4 is 29.1 Å². The lowest BCUT2D eigenvalue weighted by Crippen LogP contribution is -2.30. The summed E-state index contributed by atoms with van der Waals surface area (Å²) in [5.74, 6) is 0.637. The van der Waals surface area contributed by atoms with Gasteiger partial charge in [0.2, 0.25) is 0 Å². The molecule has 0 aliphatic carbocycles. The first-order valence-electron chi connectivity index (χ1n) is 13.5. The monoisotopic (exact) mass is 538 g/mol. The first-order chi connectivity index (χ1) is 19.2. The molecule has 1 heterocycles. The van der Waals surface area contributed by atoms with Gasteiger partial charge in [0.1, 0.15) is 5.75 Å². The van der Waals surface area contributed by atoms with Crippen LogP contribution in [0.1, 0.15) is 24.5 Å². The van der Waals surface area contributed by atoms with Crippen LogP contribution in [0.4, 0.5) is 11.4 Å². The zero-order chi connectivity index (χ0) is 26.9. The van der Waals surface area contributed by atoms with Crippen LogP contribution in [0.2, 0.25) is 0 Å². The Kier molecular flexibility index (Phi) is 9.20. The average molecular weight is 539 g/mol. The van der Waals surface area contributed by atoms with E-state index in [2.05, 4.69) is 82.6 Å². The van der Waals surface area contributed by atoms with Gasteiger partial charge >= 0.3 is 5.97 Å². The molecular formula is C33H34N2O3S. The van der Waals surface area contributed by atoms with E-state index in [9.17, 15) is 4.79 Å². The highest BCUT2D eigenvalue weighted by Crippen LogP contribution is 2.47. The van der Waals surface area contributed by atoms with E-state index >= 15 is 0 Å². The van der Waals surface area contributed by atoms with Crippen molar-refractivity contribution in [2.75, 3.05) is 31.2 Å². The van der Waals surface area contributed by atoms with E-state index in [0.717, 1.165) is 29.8 Å². The first kappa shape index (κ1) is 26.9. The number of hydrogen-bond acceptors (Lipinski definition) is 6. The SMILES string of the molecule is CCOC(=O)CN(Cc1ccccc1)Cc1cccc(OCCCN2c3ccccc3Sc3ccccc32)c1. The molecule has 0 spiro atoms. The summed E-state index contributed by atoms with van der Waals surface area (Å²) in [7, 11) is 0. The van der Waals surface area contributed by atoms with Crippen molar-refractivity contribution in [2.45, 2.75) is 36.2 Å². The fourth-order valence-electron chi connectivity index (χ4n) is 4.83. The summed E-state index contributed by atoms with van der Waals surface area (Å²) in [6.07, 6.45) is 0.889. The van der Waals surface area contributed by atoms with Crippen LogP contribution in [0.15, 0.2) is 113 Å². The topological polar surface area (TPSA) is 42.0 Å². The Balaban J connectivity index is 1.20. The van der Waals surface area contributed by atoms with Crippen molar-refractivity contribution in [3.8, 4) is 5.75 Å². The van der Waals surface area contributed by atoms with Gasteiger partial charge in [0.25, 0.3) is 0 Å². The number of ether oxygens (including phenoxy) is 2. The summed E-state index contributed by atoms with van der Waals surface area (Å²) < 4.78 is 11.4. The second-order valence-corrected chi connectivity index (χ2v) is 10.6. The molecule has 1 aliphatic heterocycles. The molecule has 4 aromatic rings. The fraction of sp³-hybridized carbons (Fsp3) is 0.242. The van der Waals surface area contributed by atoms with Gasteiger partial charge in [-0.2, -0.15) is 0 Å². The van der Waals surface area contributed by atoms with E-state index in [1.165, 1.54) is 21.2 Å². The van der Waals surface area contributed by atoms with Crippen molar-refractivity contribution in [1.82, 2.24) is 4.90 Å². The molecule has 0 amide bonds. The van der Waals surface area contributed by atoms with Gasteiger partial charge in [-0.1, -0.05) is 78.5 Å². The van der Waals surface area contributed by atoms with Crippen LogP contribution in [0.3, 0.4) is 0 Å². The van der Waals surface area contributed by atoms with Crippen LogP contribution in [-0.2, 0) is 22.6 Å². The molecule has 0 aromatic heterocycles. The van der Waals surface area contributed by atoms with Gasteiger partial charge in [0.05, 0.1) is 31.1 Å². The van der Waals surface area contributed by atoms with Crippen LogP contribution in [0.25, 0.3) is 0 Å². The Morgan fingerprint density at radius 3 is 2.15 bits per heavy atom. The van der Waals surface area contributed by atoms with Gasteiger partial charge in [-0.25, -0.2) is 0 Å². The zero-order valence-corrected chi connectivity index (χ0v) is 23.1. The van der Waals surface area contributed by atoms with Crippen LogP contribution in [0.5, 0.6) is 5.75 Å². The number of fused-ring (bicyclic) bond motifs is 2. The van der Waals surface area contributed by atoms with Crippen LogP contribution in [-0.4, -0.2) is 37.2 Å². The number of carbonyl (C=O) groups excluding carboxylic acids is 1. The summed E-state index contributed by atoms with van der Waals surface area (Å²) in [4.78, 5) is 19.3. The molecule has 39 heavy (non-hydrogen) atoms. The summed E-state index contributed by atoms with van der Waals surface area (Å²) >= 11 is 1.83. The molecule has 5 rings (SSSR count). The van der Waals surface area contributed by atoms with E-state index in [0.29, 0.717) is 26.3 Å². The molecule has 0 radical (unpaired) electrons. The van der Waals surface area contributed by atoms with Gasteiger partial charge in [0, 0.05) is 29.4 Å². The third-order valence-electron chi connectivity index (χ3n) is 6.54. The number of carbonyl (C=O) groups is 1. The molecule has 6 heteroatoms. The first-order valence-corrected chi connectivity index (χ1v) is 14.3. The molecule has 0 fully saturated rings. The highest BCUT2D eigenvalue weighted by molar-refractivity contribution is 7.99. The maximum absolute atomic E-state index is 12.3. The van der Waals surface area contributed by atoms with Crippen LogP contribution < -0.4 is 9.64 Å². The molecule has 0 saturated heterocycles. The van der Waals surface area contributed by atoms with Crippen molar-refractivity contribution < 1.29 is 14.3 Å². The van der Waals surface area contributed by atoms with Crippen molar-refractivity contribution in [2.24, 2.45) is 0 Å². The predicted molar refractivity (Wildman–Crippen MR) is 158 cm³/mol. The number of rotatable bonds is 12. The van der Waals surface area contributed by atoms with E-state index in [4.69, 9.17) is 9.47 Å². The fourth-order valence-corrected chi connectivity index (χ4v) is 5.92. The van der Waals surface area contributed by atoms with Crippen molar-refractivity contribution in [3.05, 3.63) is 114 Å². The van der Waals surface area contributed by atoms with Crippen LogP contribution in [0, 0.1) is 0 Å². The lowest BCUT2D eigenvalue weighted by atomic mass is 10.1. The Hall–Kier alpha value is -3.74. The lowest BCUT2D eigenvalue weighted by Gasteiger charge is -2.32. The van der Waals surface area contributed by atoms with Gasteiger partial charge in [-0.15, -0.1) is 0 Å². The van der Waals surface area contributed by atoms with E-state index < -0.39 is 0 Å². The number of anilines is 2. The minimum atomic E-state index is -0.208. The van der Waals surface area contributed by atoms with E-state index in [-0.39, 0.29) is 12.5 Å². The standard InChI is InChI=1S/C33H34N2O3S/c1-2-37-33(36)25-34(23-26-12-4-3-5-13-26)24-27-14-10-15-28(22-27)38-21-11-20-35-29-16-6-8-18-31(29)39-32-19-9-7-17-30(32)35/h3-10,12-19,22H,2,11,20-21,23-25H2,1H3. The minimum Gasteiger partial charge on any atom is -0.494 e. The molecular weight excluding hydrogens is 504 g/mol. The smallest absolute Gasteiger partial charge is 0.320 e. The number of hydrogen-bond donors (Lipinski definition) is 0. The molecule has 0 atom stereocenters. The molecule has 0 unspecified atom stereocenters. The number of esters is 1. The van der Waals surface area contributed by atoms with Crippen molar-refractivity contribution in [1.29, 1.82) is 0 Å². The number of benzene rings is 4. The Morgan fingerprint density at radius 1 is 0.795 bits per heavy atom. The molecule has 0 N–H and O–H groups in total. The third kappa shape index (κ3) is 7.22. The summed E-state index contributed by atoms with van der Waals surface area (Å²) in [5.41, 5.74) is 4.77. The third-order valence-corrected chi connectivity index (χ3v) is 7.67.